The van der Waals surface area contributed by atoms with Crippen LogP contribution in [-0.2, 0) is 20.0 Å². The maximum absolute atomic E-state index is 13.0. The lowest BCUT2D eigenvalue weighted by Crippen LogP contribution is -2.44. The Hall–Kier alpha value is -3.49. The van der Waals surface area contributed by atoms with Gasteiger partial charge in [0.1, 0.15) is 0 Å². The SMILES string of the molecule is CN1CCN(Cc2cc(C(=O)Cc3cc4cc(-c5cnn(C)c5)ncc4cn3)ccn2)CC1. The summed E-state index contributed by atoms with van der Waals surface area (Å²) in [5.41, 5.74) is 4.17. The van der Waals surface area contributed by atoms with Crippen LogP contribution in [0.3, 0.4) is 0 Å². The highest BCUT2D eigenvalue weighted by molar-refractivity contribution is 5.97. The van der Waals surface area contributed by atoms with E-state index in [4.69, 9.17) is 0 Å². The predicted molar refractivity (Wildman–Crippen MR) is 127 cm³/mol. The number of carbonyl (C=O) groups is 1. The highest BCUT2D eigenvalue weighted by atomic mass is 16.1. The number of hydrogen-bond acceptors (Lipinski definition) is 7. The first-order chi connectivity index (χ1) is 16.0. The summed E-state index contributed by atoms with van der Waals surface area (Å²) >= 11 is 0. The van der Waals surface area contributed by atoms with Gasteiger partial charge in [-0.05, 0) is 36.7 Å². The molecule has 0 N–H and O–H groups in total. The van der Waals surface area contributed by atoms with Crippen LogP contribution in [0.2, 0.25) is 0 Å². The van der Waals surface area contributed by atoms with E-state index in [0.29, 0.717) is 5.56 Å². The Balaban J connectivity index is 1.31. The molecule has 0 atom stereocenters. The van der Waals surface area contributed by atoms with Crippen LogP contribution in [-0.4, -0.2) is 73.5 Å². The van der Waals surface area contributed by atoms with Gasteiger partial charge in [0.2, 0.25) is 0 Å². The van der Waals surface area contributed by atoms with E-state index in [9.17, 15) is 4.79 Å². The largest absolute Gasteiger partial charge is 0.304 e. The first kappa shape index (κ1) is 21.4. The summed E-state index contributed by atoms with van der Waals surface area (Å²) in [4.78, 5) is 31.2. The fraction of sp³-hybridized carbons (Fsp3) is 0.320. The molecule has 1 fully saturated rings. The van der Waals surface area contributed by atoms with Gasteiger partial charge in [-0.25, -0.2) is 0 Å². The van der Waals surface area contributed by atoms with Crippen LogP contribution >= 0.6 is 0 Å². The molecule has 0 amide bonds. The second-order valence-corrected chi connectivity index (χ2v) is 8.71. The van der Waals surface area contributed by atoms with Crippen molar-refractivity contribution in [3.63, 3.8) is 0 Å². The van der Waals surface area contributed by atoms with Crippen LogP contribution in [0.4, 0.5) is 0 Å². The number of hydrogen-bond donors (Lipinski definition) is 0. The molecule has 5 rings (SSSR count). The molecule has 33 heavy (non-hydrogen) atoms. The Morgan fingerprint density at radius 2 is 1.73 bits per heavy atom. The van der Waals surface area contributed by atoms with E-state index in [1.165, 1.54) is 0 Å². The van der Waals surface area contributed by atoms with E-state index in [2.05, 4.69) is 36.9 Å². The van der Waals surface area contributed by atoms with Crippen molar-refractivity contribution < 1.29 is 4.79 Å². The summed E-state index contributed by atoms with van der Waals surface area (Å²) in [5, 5.41) is 6.17. The number of ketones is 1. The molecular weight excluding hydrogens is 414 g/mol. The van der Waals surface area contributed by atoms with Gasteiger partial charge in [0, 0.05) is 86.8 Å². The molecule has 8 nitrogen and oxygen atoms in total. The zero-order valence-electron chi connectivity index (χ0n) is 19.0. The van der Waals surface area contributed by atoms with E-state index >= 15 is 0 Å². The summed E-state index contributed by atoms with van der Waals surface area (Å²) in [6.45, 7) is 4.93. The number of aromatic nitrogens is 5. The van der Waals surface area contributed by atoms with Crippen LogP contribution in [0.25, 0.3) is 22.0 Å². The van der Waals surface area contributed by atoms with Gasteiger partial charge >= 0.3 is 0 Å². The molecule has 1 saturated heterocycles. The van der Waals surface area contributed by atoms with Gasteiger partial charge in [0.25, 0.3) is 0 Å². The molecule has 1 aliphatic heterocycles. The van der Waals surface area contributed by atoms with Crippen molar-refractivity contribution in [1.82, 2.24) is 34.5 Å². The molecule has 0 bridgehead atoms. The third-order valence-electron chi connectivity index (χ3n) is 6.12. The summed E-state index contributed by atoms with van der Waals surface area (Å²) in [7, 11) is 4.03. The minimum absolute atomic E-state index is 0.0467. The minimum atomic E-state index is 0.0467. The Morgan fingerprint density at radius 1 is 0.909 bits per heavy atom. The third-order valence-corrected chi connectivity index (χ3v) is 6.12. The van der Waals surface area contributed by atoms with Gasteiger partial charge in [-0.15, -0.1) is 0 Å². The first-order valence-electron chi connectivity index (χ1n) is 11.2. The van der Waals surface area contributed by atoms with Crippen LogP contribution in [0.5, 0.6) is 0 Å². The lowest BCUT2D eigenvalue weighted by Gasteiger charge is -2.32. The third kappa shape index (κ3) is 4.97. The lowest BCUT2D eigenvalue weighted by molar-refractivity contribution is 0.0991. The van der Waals surface area contributed by atoms with Crippen molar-refractivity contribution in [1.29, 1.82) is 0 Å². The van der Waals surface area contributed by atoms with Crippen LogP contribution in [0.15, 0.2) is 55.2 Å². The van der Waals surface area contributed by atoms with Crippen LogP contribution in [0.1, 0.15) is 21.7 Å². The molecule has 4 aromatic rings. The summed E-state index contributed by atoms with van der Waals surface area (Å²) in [5.74, 6) is 0.0467. The van der Waals surface area contributed by atoms with Gasteiger partial charge in [-0.2, -0.15) is 5.10 Å². The van der Waals surface area contributed by atoms with Crippen molar-refractivity contribution >= 4 is 16.6 Å². The quantitative estimate of drug-likeness (QED) is 0.426. The van der Waals surface area contributed by atoms with Crippen LogP contribution in [0, 0.1) is 0 Å². The van der Waals surface area contributed by atoms with Crippen LogP contribution < -0.4 is 0 Å². The molecule has 5 heterocycles. The molecule has 8 heteroatoms. The van der Waals surface area contributed by atoms with Crippen molar-refractivity contribution in [2.24, 2.45) is 7.05 Å². The monoisotopic (exact) mass is 441 g/mol. The Morgan fingerprint density at radius 3 is 2.52 bits per heavy atom. The fourth-order valence-corrected chi connectivity index (χ4v) is 4.13. The molecule has 0 spiro atoms. The molecule has 0 unspecified atom stereocenters. The molecule has 0 aromatic carbocycles. The number of likely N-dealkylation sites (N-methyl/N-ethyl adjacent to an activating group) is 1. The first-order valence-corrected chi connectivity index (χ1v) is 11.2. The molecule has 0 radical (unpaired) electrons. The minimum Gasteiger partial charge on any atom is -0.304 e. The van der Waals surface area contributed by atoms with Gasteiger partial charge in [-0.1, -0.05) is 0 Å². The number of rotatable bonds is 6. The zero-order chi connectivity index (χ0) is 22.8. The van der Waals surface area contributed by atoms with Gasteiger partial charge in [0.15, 0.2) is 5.78 Å². The molecule has 1 aliphatic rings. The Bertz CT molecular complexity index is 1290. The van der Waals surface area contributed by atoms with E-state index in [0.717, 1.165) is 66.1 Å². The summed E-state index contributed by atoms with van der Waals surface area (Å²) < 4.78 is 1.75. The maximum Gasteiger partial charge on any atom is 0.168 e. The van der Waals surface area contributed by atoms with Crippen molar-refractivity contribution in [3.05, 3.63) is 72.2 Å². The predicted octanol–water partition coefficient (Wildman–Crippen LogP) is 2.60. The normalized spacial score (nSPS) is 15.2. The average Bonchev–Trinajstić information content (AvgIpc) is 3.26. The highest BCUT2D eigenvalue weighted by Crippen LogP contribution is 2.22. The molecule has 0 saturated carbocycles. The zero-order valence-corrected chi connectivity index (χ0v) is 19.0. The topological polar surface area (TPSA) is 80.0 Å². The van der Waals surface area contributed by atoms with Crippen molar-refractivity contribution in [3.8, 4) is 11.3 Å². The second-order valence-electron chi connectivity index (χ2n) is 8.71. The standard InChI is InChI=1S/C25H27N7O/c1-30-5-7-32(8-6-30)17-23-9-18(3-4-26-23)25(33)12-22-10-19-11-24(21-15-29-31(2)16-21)28-14-20(19)13-27-22/h3-4,9-11,13-16H,5-8,12,17H2,1-2H3. The number of aryl methyl sites for hydroxylation is 1. The lowest BCUT2D eigenvalue weighted by atomic mass is 10.0. The molecule has 168 valence electrons. The number of Topliss-reactive ketones (excluding diaryl/α,β-unsaturated/α-hetero) is 1. The number of fused-ring (bicyclic) bond motifs is 1. The van der Waals surface area contributed by atoms with E-state index < -0.39 is 0 Å². The van der Waals surface area contributed by atoms with Gasteiger partial charge in [0.05, 0.1) is 24.0 Å². The maximum atomic E-state index is 13.0. The average molecular weight is 442 g/mol. The van der Waals surface area contributed by atoms with E-state index in [1.807, 2.05) is 37.6 Å². The van der Waals surface area contributed by atoms with E-state index in [-0.39, 0.29) is 12.2 Å². The molecule has 0 aliphatic carbocycles. The Labute approximate surface area is 192 Å². The summed E-state index contributed by atoms with van der Waals surface area (Å²) in [6.07, 6.45) is 9.30. The van der Waals surface area contributed by atoms with Crippen molar-refractivity contribution in [2.75, 3.05) is 33.2 Å². The van der Waals surface area contributed by atoms with Gasteiger partial charge in [-0.3, -0.25) is 29.3 Å². The molecular formula is C25H27N7O. The number of pyridine rings is 3. The second kappa shape index (κ2) is 9.17. The number of carbonyl (C=O) groups excluding carboxylic acids is 1. The molecule has 4 aromatic heterocycles. The number of nitrogens with zero attached hydrogens (tertiary/aromatic N) is 7. The fourth-order valence-electron chi connectivity index (χ4n) is 4.13. The number of piperazine rings is 1. The Kier molecular flexibility index (Phi) is 5.93. The van der Waals surface area contributed by atoms with Crippen molar-refractivity contribution in [2.45, 2.75) is 13.0 Å². The highest BCUT2D eigenvalue weighted by Gasteiger charge is 2.16. The van der Waals surface area contributed by atoms with E-state index in [1.54, 1.807) is 29.3 Å². The van der Waals surface area contributed by atoms with Gasteiger partial charge < -0.3 is 4.90 Å². The summed E-state index contributed by atoms with van der Waals surface area (Å²) in [6, 6.07) is 7.71. The smallest absolute Gasteiger partial charge is 0.168 e.